The molecule has 0 bridgehead atoms. The van der Waals surface area contributed by atoms with Gasteiger partial charge in [-0.25, -0.2) is 9.97 Å². The molecule has 5 rings (SSSR count). The van der Waals surface area contributed by atoms with Gasteiger partial charge in [0.1, 0.15) is 5.76 Å². The van der Waals surface area contributed by atoms with Gasteiger partial charge in [0.25, 0.3) is 5.89 Å². The predicted molar refractivity (Wildman–Crippen MR) is 97.4 cm³/mol. The lowest BCUT2D eigenvalue weighted by atomic mass is 10.0. The second kappa shape index (κ2) is 6.17. The number of hydrogen-bond acceptors (Lipinski definition) is 8. The molecule has 4 heterocycles. The number of hydrogen-bond donors (Lipinski definition) is 1. The molecule has 0 saturated carbocycles. The summed E-state index contributed by atoms with van der Waals surface area (Å²) >= 11 is 0. The van der Waals surface area contributed by atoms with Gasteiger partial charge in [-0.1, -0.05) is 23.4 Å². The van der Waals surface area contributed by atoms with Crippen LogP contribution in [0.15, 0.2) is 39.3 Å². The molecule has 1 aliphatic heterocycles. The van der Waals surface area contributed by atoms with E-state index in [4.69, 9.17) is 13.7 Å². The molecule has 0 amide bonds. The number of nitrogens with one attached hydrogen (secondary N) is 1. The van der Waals surface area contributed by atoms with Gasteiger partial charge in [-0.2, -0.15) is 4.98 Å². The fourth-order valence-corrected chi connectivity index (χ4v) is 3.12. The molecule has 0 unspecified atom stereocenters. The molecule has 8 nitrogen and oxygen atoms in total. The maximum absolute atomic E-state index is 5.79. The van der Waals surface area contributed by atoms with Crippen LogP contribution in [0.5, 0.6) is 5.88 Å². The Hall–Kier alpha value is -3.26. The molecule has 8 heteroatoms. The maximum Gasteiger partial charge on any atom is 0.280 e. The molecule has 1 fully saturated rings. The number of aromatic nitrogens is 4. The van der Waals surface area contributed by atoms with Crippen LogP contribution in [0.1, 0.15) is 17.6 Å². The molecular weight excluding hydrogens is 346 g/mol. The van der Waals surface area contributed by atoms with Gasteiger partial charge < -0.3 is 19.0 Å². The molecule has 3 aromatic heterocycles. The van der Waals surface area contributed by atoms with Crippen molar-refractivity contribution in [1.82, 2.24) is 25.4 Å². The fraction of sp³-hybridized carbons (Fsp3) is 0.263. The van der Waals surface area contributed by atoms with E-state index in [1.807, 2.05) is 31.2 Å². The molecule has 0 radical (unpaired) electrons. The normalized spacial score (nSPS) is 14.4. The minimum atomic E-state index is 0.299. The topological polar surface area (TPSA) is 99.1 Å². The third kappa shape index (κ3) is 2.65. The van der Waals surface area contributed by atoms with Crippen LogP contribution in [0, 0.1) is 6.92 Å². The number of rotatable bonds is 4. The lowest BCUT2D eigenvalue weighted by Crippen LogP contribution is -2.40. The predicted octanol–water partition coefficient (Wildman–Crippen LogP) is 2.94. The second-order valence-corrected chi connectivity index (χ2v) is 6.46. The number of methoxy groups -OCH3 is 1. The standard InChI is InChI=1S/C19H17N5O3/c1-10-16(22-18(26-10)11-8-20-9-11)19-23-17(24-27-19)13-7-15(25-2)21-14-6-4-3-5-12(13)14/h3-7,11,20H,8-9H2,1-2H3. The summed E-state index contributed by atoms with van der Waals surface area (Å²) in [7, 11) is 1.58. The van der Waals surface area contributed by atoms with E-state index in [9.17, 15) is 0 Å². The molecule has 1 aromatic carbocycles. The Morgan fingerprint density at radius 1 is 1.15 bits per heavy atom. The number of aryl methyl sites for hydroxylation is 1. The SMILES string of the molecule is COc1cc(-c2noc(-c3nc(C4CNC4)oc3C)n2)c2ccccc2n1. The summed E-state index contributed by atoms with van der Waals surface area (Å²) in [4.78, 5) is 13.6. The Morgan fingerprint density at radius 3 is 2.78 bits per heavy atom. The summed E-state index contributed by atoms with van der Waals surface area (Å²) < 4.78 is 16.6. The van der Waals surface area contributed by atoms with E-state index >= 15 is 0 Å². The molecule has 1 saturated heterocycles. The van der Waals surface area contributed by atoms with Gasteiger partial charge in [0, 0.05) is 30.1 Å². The first-order valence-corrected chi connectivity index (χ1v) is 8.69. The quantitative estimate of drug-likeness (QED) is 0.591. The lowest BCUT2D eigenvalue weighted by molar-refractivity contribution is 0.350. The van der Waals surface area contributed by atoms with E-state index in [1.165, 1.54) is 0 Å². The van der Waals surface area contributed by atoms with Gasteiger partial charge in [0.05, 0.1) is 18.5 Å². The summed E-state index contributed by atoms with van der Waals surface area (Å²) in [6, 6.07) is 9.56. The first-order chi connectivity index (χ1) is 13.2. The van der Waals surface area contributed by atoms with Crippen molar-refractivity contribution in [2.45, 2.75) is 12.8 Å². The van der Waals surface area contributed by atoms with Gasteiger partial charge in [-0.05, 0) is 13.0 Å². The van der Waals surface area contributed by atoms with E-state index in [0.29, 0.717) is 40.9 Å². The van der Waals surface area contributed by atoms with Crippen LogP contribution in [0.3, 0.4) is 0 Å². The van der Waals surface area contributed by atoms with Crippen molar-refractivity contribution in [2.75, 3.05) is 20.2 Å². The zero-order chi connectivity index (χ0) is 18.4. The van der Waals surface area contributed by atoms with Crippen molar-refractivity contribution in [3.8, 4) is 28.9 Å². The summed E-state index contributed by atoms with van der Waals surface area (Å²) in [5, 5.41) is 8.29. The third-order valence-electron chi connectivity index (χ3n) is 4.72. The number of fused-ring (bicyclic) bond motifs is 1. The number of oxazole rings is 1. The highest BCUT2D eigenvalue weighted by molar-refractivity contribution is 5.93. The van der Waals surface area contributed by atoms with E-state index < -0.39 is 0 Å². The van der Waals surface area contributed by atoms with Crippen LogP contribution in [0.25, 0.3) is 33.9 Å². The van der Waals surface area contributed by atoms with Crippen LogP contribution < -0.4 is 10.1 Å². The van der Waals surface area contributed by atoms with Crippen LogP contribution in [0.4, 0.5) is 0 Å². The van der Waals surface area contributed by atoms with E-state index in [-0.39, 0.29) is 0 Å². The Balaban J connectivity index is 1.58. The fourth-order valence-electron chi connectivity index (χ4n) is 3.12. The number of pyridine rings is 1. The van der Waals surface area contributed by atoms with Crippen molar-refractivity contribution in [1.29, 1.82) is 0 Å². The Kier molecular flexibility index (Phi) is 3.64. The van der Waals surface area contributed by atoms with Gasteiger partial charge in [-0.15, -0.1) is 0 Å². The van der Waals surface area contributed by atoms with E-state index in [0.717, 1.165) is 29.6 Å². The largest absolute Gasteiger partial charge is 0.481 e. The summed E-state index contributed by atoms with van der Waals surface area (Å²) in [5.41, 5.74) is 2.17. The average Bonchev–Trinajstić information content (AvgIpc) is 3.26. The zero-order valence-electron chi connectivity index (χ0n) is 14.9. The maximum atomic E-state index is 5.79. The first kappa shape index (κ1) is 16.0. The van der Waals surface area contributed by atoms with Crippen molar-refractivity contribution in [3.05, 3.63) is 42.0 Å². The highest BCUT2D eigenvalue weighted by Gasteiger charge is 2.27. The van der Waals surface area contributed by atoms with Gasteiger partial charge in [-0.3, -0.25) is 0 Å². The average molecular weight is 363 g/mol. The highest BCUT2D eigenvalue weighted by atomic mass is 16.5. The molecule has 1 N–H and O–H groups in total. The summed E-state index contributed by atoms with van der Waals surface area (Å²) in [6.45, 7) is 3.60. The van der Waals surface area contributed by atoms with Crippen LogP contribution >= 0.6 is 0 Å². The highest BCUT2D eigenvalue weighted by Crippen LogP contribution is 2.32. The van der Waals surface area contributed by atoms with Crippen LogP contribution in [0.2, 0.25) is 0 Å². The number of benzene rings is 1. The van der Waals surface area contributed by atoms with Gasteiger partial charge in [0.15, 0.2) is 5.69 Å². The molecular formula is C19H17N5O3. The number of para-hydroxylation sites is 1. The second-order valence-electron chi connectivity index (χ2n) is 6.46. The van der Waals surface area contributed by atoms with E-state index in [1.54, 1.807) is 13.2 Å². The smallest absolute Gasteiger partial charge is 0.280 e. The molecule has 0 spiro atoms. The molecule has 4 aromatic rings. The Bertz CT molecular complexity index is 1130. The third-order valence-corrected chi connectivity index (χ3v) is 4.72. The molecule has 1 aliphatic rings. The Morgan fingerprint density at radius 2 is 2.00 bits per heavy atom. The van der Waals surface area contributed by atoms with Gasteiger partial charge in [0.2, 0.25) is 17.6 Å². The van der Waals surface area contributed by atoms with Crippen molar-refractivity contribution in [3.63, 3.8) is 0 Å². The van der Waals surface area contributed by atoms with Crippen molar-refractivity contribution < 1.29 is 13.7 Å². The monoisotopic (exact) mass is 363 g/mol. The lowest BCUT2D eigenvalue weighted by Gasteiger charge is -2.23. The number of nitrogens with zero attached hydrogens (tertiary/aromatic N) is 4. The Labute approximate surface area is 154 Å². The molecule has 27 heavy (non-hydrogen) atoms. The van der Waals surface area contributed by atoms with Crippen LogP contribution in [-0.4, -0.2) is 40.3 Å². The van der Waals surface area contributed by atoms with E-state index in [2.05, 4.69) is 25.4 Å². The molecule has 0 atom stereocenters. The zero-order valence-corrected chi connectivity index (χ0v) is 14.9. The molecule has 136 valence electrons. The van der Waals surface area contributed by atoms with Gasteiger partial charge >= 0.3 is 0 Å². The number of ether oxygens (including phenoxy) is 1. The van der Waals surface area contributed by atoms with Crippen molar-refractivity contribution in [2.24, 2.45) is 0 Å². The minimum absolute atomic E-state index is 0.299. The minimum Gasteiger partial charge on any atom is -0.481 e. The van der Waals surface area contributed by atoms with Crippen molar-refractivity contribution >= 4 is 10.9 Å². The summed E-state index contributed by atoms with van der Waals surface area (Å²) in [5.74, 6) is 2.96. The molecule has 0 aliphatic carbocycles. The van der Waals surface area contributed by atoms with Crippen LogP contribution in [-0.2, 0) is 0 Å². The first-order valence-electron chi connectivity index (χ1n) is 8.69. The summed E-state index contributed by atoms with van der Waals surface area (Å²) in [6.07, 6.45) is 0.